The summed E-state index contributed by atoms with van der Waals surface area (Å²) in [5.74, 6) is 0.596. The summed E-state index contributed by atoms with van der Waals surface area (Å²) in [6.07, 6.45) is 1.71. The van der Waals surface area contributed by atoms with E-state index in [9.17, 15) is 4.79 Å². The lowest BCUT2D eigenvalue weighted by Crippen LogP contribution is -2.18. The Hall–Kier alpha value is -0.580. The Morgan fingerprint density at radius 1 is 1.56 bits per heavy atom. The molecule has 0 spiro atoms. The van der Waals surface area contributed by atoms with Crippen LogP contribution in [0.5, 0.6) is 0 Å². The third-order valence-corrected chi connectivity index (χ3v) is 3.95. The van der Waals surface area contributed by atoms with Gasteiger partial charge >= 0.3 is 0 Å². The molecule has 2 rings (SSSR count). The molecule has 3 nitrogen and oxygen atoms in total. The lowest BCUT2D eigenvalue weighted by molar-refractivity contribution is -0.116. The number of aryl methyl sites for hydroxylation is 1. The summed E-state index contributed by atoms with van der Waals surface area (Å²) in [6, 6.07) is 5.88. The molecule has 1 aliphatic rings. The van der Waals surface area contributed by atoms with Gasteiger partial charge in [0.2, 0.25) is 5.91 Å². The molecule has 1 aliphatic heterocycles. The molecule has 1 unspecified atom stereocenters. The Labute approximate surface area is 122 Å². The Morgan fingerprint density at radius 3 is 2.94 bits per heavy atom. The van der Waals surface area contributed by atoms with E-state index in [4.69, 9.17) is 0 Å². The lowest BCUT2D eigenvalue weighted by atomic mass is 10.0. The van der Waals surface area contributed by atoms with E-state index in [-0.39, 0.29) is 18.3 Å². The van der Waals surface area contributed by atoms with Crippen LogP contribution in [0.3, 0.4) is 0 Å². The molecule has 0 saturated carbocycles. The van der Waals surface area contributed by atoms with Crippen LogP contribution >= 0.6 is 28.3 Å². The van der Waals surface area contributed by atoms with Crippen LogP contribution in [0.2, 0.25) is 0 Å². The lowest BCUT2D eigenvalue weighted by Gasteiger charge is -2.10. The van der Waals surface area contributed by atoms with Crippen molar-refractivity contribution >= 4 is 39.9 Å². The molecule has 18 heavy (non-hydrogen) atoms. The molecule has 100 valence electrons. The molecule has 1 saturated heterocycles. The van der Waals surface area contributed by atoms with Gasteiger partial charge in [-0.25, -0.2) is 0 Å². The van der Waals surface area contributed by atoms with Gasteiger partial charge in [0.25, 0.3) is 0 Å². The number of anilines is 1. The maximum Gasteiger partial charge on any atom is 0.224 e. The van der Waals surface area contributed by atoms with Gasteiger partial charge in [0.05, 0.1) is 0 Å². The van der Waals surface area contributed by atoms with Crippen molar-refractivity contribution < 1.29 is 4.79 Å². The number of halogens is 2. The number of benzene rings is 1. The van der Waals surface area contributed by atoms with Gasteiger partial charge in [-0.1, -0.05) is 22.0 Å². The number of amides is 1. The van der Waals surface area contributed by atoms with Crippen LogP contribution < -0.4 is 10.6 Å². The Balaban J connectivity index is 0.00000162. The van der Waals surface area contributed by atoms with E-state index < -0.39 is 0 Å². The summed E-state index contributed by atoms with van der Waals surface area (Å²) in [4.78, 5) is 11.8. The van der Waals surface area contributed by atoms with Crippen LogP contribution in [0.4, 0.5) is 5.69 Å². The fourth-order valence-electron chi connectivity index (χ4n) is 2.03. The van der Waals surface area contributed by atoms with Crippen molar-refractivity contribution in [1.82, 2.24) is 5.32 Å². The Bertz CT molecular complexity index is 419. The quantitative estimate of drug-likeness (QED) is 0.892. The van der Waals surface area contributed by atoms with E-state index >= 15 is 0 Å². The van der Waals surface area contributed by atoms with E-state index in [1.807, 2.05) is 25.1 Å². The summed E-state index contributed by atoms with van der Waals surface area (Å²) in [7, 11) is 0. The fourth-order valence-corrected chi connectivity index (χ4v) is 2.41. The number of carbonyl (C=O) groups is 1. The molecule has 1 heterocycles. The third-order valence-electron chi connectivity index (χ3n) is 3.09. The number of carbonyl (C=O) groups excluding carboxylic acids is 1. The monoisotopic (exact) mass is 332 g/mol. The van der Waals surface area contributed by atoms with E-state index in [0.717, 1.165) is 29.7 Å². The molecule has 1 fully saturated rings. The van der Waals surface area contributed by atoms with Crippen LogP contribution in [0.15, 0.2) is 22.7 Å². The van der Waals surface area contributed by atoms with Gasteiger partial charge in [0.15, 0.2) is 0 Å². The van der Waals surface area contributed by atoms with Gasteiger partial charge < -0.3 is 10.6 Å². The van der Waals surface area contributed by atoms with Crippen LogP contribution in [0.1, 0.15) is 18.4 Å². The summed E-state index contributed by atoms with van der Waals surface area (Å²) in [5.41, 5.74) is 2.03. The first-order valence-electron chi connectivity index (χ1n) is 5.92. The molecule has 1 atom stereocenters. The molecule has 1 aromatic carbocycles. The largest absolute Gasteiger partial charge is 0.326 e. The standard InChI is InChI=1S/C13H17BrN2O.ClH/c1-9-2-3-11(7-12(9)14)16-13(17)6-10-4-5-15-8-10;/h2-3,7,10,15H,4-6,8H2,1H3,(H,16,17);1H. The van der Waals surface area contributed by atoms with Crippen molar-refractivity contribution in [2.24, 2.45) is 5.92 Å². The zero-order valence-electron chi connectivity index (χ0n) is 10.3. The zero-order valence-corrected chi connectivity index (χ0v) is 12.7. The maximum atomic E-state index is 11.8. The van der Waals surface area contributed by atoms with Crippen LogP contribution in [-0.4, -0.2) is 19.0 Å². The van der Waals surface area contributed by atoms with E-state index in [1.54, 1.807) is 0 Å². The molecular formula is C13H18BrClN2O. The van der Waals surface area contributed by atoms with Crippen LogP contribution in [-0.2, 0) is 4.79 Å². The normalized spacial score (nSPS) is 18.2. The number of nitrogens with one attached hydrogen (secondary N) is 2. The average molecular weight is 334 g/mol. The summed E-state index contributed by atoms with van der Waals surface area (Å²) in [5, 5.41) is 6.21. The van der Waals surface area contributed by atoms with Gasteiger partial charge in [0.1, 0.15) is 0 Å². The van der Waals surface area contributed by atoms with Crippen molar-refractivity contribution in [2.45, 2.75) is 19.8 Å². The molecule has 0 aliphatic carbocycles. The summed E-state index contributed by atoms with van der Waals surface area (Å²) < 4.78 is 1.03. The second-order valence-electron chi connectivity index (χ2n) is 4.58. The highest BCUT2D eigenvalue weighted by atomic mass is 79.9. The molecule has 0 aromatic heterocycles. The van der Waals surface area contributed by atoms with Crippen molar-refractivity contribution in [3.8, 4) is 0 Å². The number of hydrogen-bond acceptors (Lipinski definition) is 2. The molecule has 1 amide bonds. The highest BCUT2D eigenvalue weighted by Crippen LogP contribution is 2.21. The fraction of sp³-hybridized carbons (Fsp3) is 0.462. The van der Waals surface area contributed by atoms with Gasteiger partial charge in [-0.3, -0.25) is 4.79 Å². The number of hydrogen-bond donors (Lipinski definition) is 2. The minimum atomic E-state index is 0. The van der Waals surface area contributed by atoms with Gasteiger partial charge in [-0.2, -0.15) is 0 Å². The van der Waals surface area contributed by atoms with Gasteiger partial charge in [-0.05, 0) is 50.0 Å². The predicted molar refractivity (Wildman–Crippen MR) is 80.4 cm³/mol. The smallest absolute Gasteiger partial charge is 0.224 e. The minimum Gasteiger partial charge on any atom is -0.326 e. The second kappa shape index (κ2) is 7.12. The van der Waals surface area contributed by atoms with E-state index in [0.29, 0.717) is 12.3 Å². The average Bonchev–Trinajstić information content (AvgIpc) is 2.76. The van der Waals surface area contributed by atoms with Crippen LogP contribution in [0.25, 0.3) is 0 Å². The topological polar surface area (TPSA) is 41.1 Å². The summed E-state index contributed by atoms with van der Waals surface area (Å²) >= 11 is 3.46. The highest BCUT2D eigenvalue weighted by Gasteiger charge is 2.17. The Kier molecular flexibility index (Phi) is 6.12. The summed E-state index contributed by atoms with van der Waals surface area (Å²) in [6.45, 7) is 4.03. The predicted octanol–water partition coefficient (Wildman–Crippen LogP) is 3.12. The minimum absolute atomic E-state index is 0. The van der Waals surface area contributed by atoms with Crippen LogP contribution in [0, 0.1) is 12.8 Å². The first-order valence-corrected chi connectivity index (χ1v) is 6.71. The van der Waals surface area contributed by atoms with Crippen molar-refractivity contribution in [3.63, 3.8) is 0 Å². The molecule has 1 aromatic rings. The second-order valence-corrected chi connectivity index (χ2v) is 5.43. The van der Waals surface area contributed by atoms with E-state index in [1.165, 1.54) is 5.56 Å². The SMILES string of the molecule is Cc1ccc(NC(=O)CC2CCNC2)cc1Br.Cl. The molecular weight excluding hydrogens is 316 g/mol. The number of rotatable bonds is 3. The van der Waals surface area contributed by atoms with Gasteiger partial charge in [0, 0.05) is 16.6 Å². The Morgan fingerprint density at radius 2 is 2.33 bits per heavy atom. The first kappa shape index (κ1) is 15.5. The van der Waals surface area contributed by atoms with Crippen molar-refractivity contribution in [1.29, 1.82) is 0 Å². The molecule has 5 heteroatoms. The van der Waals surface area contributed by atoms with Crippen molar-refractivity contribution in [3.05, 3.63) is 28.2 Å². The zero-order chi connectivity index (χ0) is 12.3. The molecule has 0 bridgehead atoms. The van der Waals surface area contributed by atoms with Crippen molar-refractivity contribution in [2.75, 3.05) is 18.4 Å². The van der Waals surface area contributed by atoms with E-state index in [2.05, 4.69) is 26.6 Å². The molecule has 0 radical (unpaired) electrons. The molecule has 2 N–H and O–H groups in total. The third kappa shape index (κ3) is 4.26. The maximum absolute atomic E-state index is 11.8. The highest BCUT2D eigenvalue weighted by molar-refractivity contribution is 9.10. The van der Waals surface area contributed by atoms with Gasteiger partial charge in [-0.15, -0.1) is 12.4 Å². The first-order chi connectivity index (χ1) is 8.15.